The molecule has 0 spiro atoms. The highest BCUT2D eigenvalue weighted by molar-refractivity contribution is 5.87. The number of nitrogens with zero attached hydrogens (tertiary/aromatic N) is 1. The lowest BCUT2D eigenvalue weighted by Gasteiger charge is -2.18. The van der Waals surface area contributed by atoms with Crippen LogP contribution in [-0.2, 0) is 4.79 Å². The first-order valence-electron chi connectivity index (χ1n) is 5.14. The van der Waals surface area contributed by atoms with E-state index in [9.17, 15) is 4.79 Å². The van der Waals surface area contributed by atoms with Crippen molar-refractivity contribution in [2.75, 3.05) is 11.6 Å². The van der Waals surface area contributed by atoms with Gasteiger partial charge in [-0.3, -0.25) is 15.2 Å². The SMILES string of the molecule is Cc1ccc(N2CC(C)(C)C(=O)N2)cc1. The lowest BCUT2D eigenvalue weighted by atomic mass is 9.94. The zero-order chi connectivity index (χ0) is 11.1. The van der Waals surface area contributed by atoms with E-state index in [1.807, 2.05) is 43.1 Å². The van der Waals surface area contributed by atoms with Gasteiger partial charge in [-0.05, 0) is 32.9 Å². The van der Waals surface area contributed by atoms with Crippen molar-refractivity contribution >= 4 is 11.6 Å². The summed E-state index contributed by atoms with van der Waals surface area (Å²) in [6.45, 7) is 6.68. The number of hydrogen-bond donors (Lipinski definition) is 1. The van der Waals surface area contributed by atoms with Crippen LogP contribution in [0.4, 0.5) is 5.69 Å². The molecule has 1 heterocycles. The summed E-state index contributed by atoms with van der Waals surface area (Å²) >= 11 is 0. The molecule has 0 atom stereocenters. The maximum Gasteiger partial charge on any atom is 0.246 e. The summed E-state index contributed by atoms with van der Waals surface area (Å²) in [6, 6.07) is 8.15. The predicted octanol–water partition coefficient (Wildman–Crippen LogP) is 1.87. The van der Waals surface area contributed by atoms with Crippen molar-refractivity contribution in [1.82, 2.24) is 5.43 Å². The van der Waals surface area contributed by atoms with E-state index in [0.29, 0.717) is 0 Å². The Bertz CT molecular complexity index is 381. The molecule has 1 aliphatic heterocycles. The van der Waals surface area contributed by atoms with Crippen molar-refractivity contribution in [1.29, 1.82) is 0 Å². The molecule has 15 heavy (non-hydrogen) atoms. The van der Waals surface area contributed by atoms with Crippen LogP contribution in [0.5, 0.6) is 0 Å². The average Bonchev–Trinajstić information content (AvgIpc) is 2.42. The van der Waals surface area contributed by atoms with Crippen LogP contribution in [-0.4, -0.2) is 12.5 Å². The van der Waals surface area contributed by atoms with E-state index in [0.717, 1.165) is 12.2 Å². The minimum Gasteiger partial charge on any atom is -0.284 e. The molecule has 0 bridgehead atoms. The Morgan fingerprint density at radius 2 is 1.87 bits per heavy atom. The number of rotatable bonds is 1. The molecular formula is C12H16N2O. The summed E-state index contributed by atoms with van der Waals surface area (Å²) in [4.78, 5) is 11.6. The summed E-state index contributed by atoms with van der Waals surface area (Å²) in [5.74, 6) is 0.0862. The highest BCUT2D eigenvalue weighted by Crippen LogP contribution is 2.26. The number of anilines is 1. The van der Waals surface area contributed by atoms with Gasteiger partial charge in [0.25, 0.3) is 0 Å². The van der Waals surface area contributed by atoms with E-state index in [-0.39, 0.29) is 11.3 Å². The molecule has 80 valence electrons. The van der Waals surface area contributed by atoms with Gasteiger partial charge in [-0.1, -0.05) is 17.7 Å². The Hall–Kier alpha value is -1.51. The van der Waals surface area contributed by atoms with Gasteiger partial charge in [-0.2, -0.15) is 0 Å². The van der Waals surface area contributed by atoms with E-state index in [1.165, 1.54) is 5.56 Å². The van der Waals surface area contributed by atoms with Crippen molar-refractivity contribution in [2.45, 2.75) is 20.8 Å². The van der Waals surface area contributed by atoms with Gasteiger partial charge < -0.3 is 0 Å². The second-order valence-corrected chi connectivity index (χ2v) is 4.75. The lowest BCUT2D eigenvalue weighted by molar-refractivity contribution is -0.125. The van der Waals surface area contributed by atoms with Gasteiger partial charge in [-0.25, -0.2) is 0 Å². The largest absolute Gasteiger partial charge is 0.284 e. The molecule has 1 fully saturated rings. The molecule has 0 saturated carbocycles. The van der Waals surface area contributed by atoms with Crippen LogP contribution in [0.3, 0.4) is 0 Å². The Morgan fingerprint density at radius 3 is 2.33 bits per heavy atom. The van der Waals surface area contributed by atoms with Crippen LogP contribution in [0.2, 0.25) is 0 Å². The zero-order valence-electron chi connectivity index (χ0n) is 9.37. The molecular weight excluding hydrogens is 188 g/mol. The molecule has 0 aliphatic carbocycles. The first kappa shape index (κ1) is 10.0. The number of aryl methyl sites for hydroxylation is 1. The molecule has 1 aromatic carbocycles. The van der Waals surface area contributed by atoms with Gasteiger partial charge in [0.1, 0.15) is 0 Å². The van der Waals surface area contributed by atoms with Crippen LogP contribution in [0, 0.1) is 12.3 Å². The summed E-state index contributed by atoms with van der Waals surface area (Å²) in [6.07, 6.45) is 0. The Morgan fingerprint density at radius 1 is 1.27 bits per heavy atom. The van der Waals surface area contributed by atoms with Crippen LogP contribution in [0.1, 0.15) is 19.4 Å². The van der Waals surface area contributed by atoms with Crippen LogP contribution in [0.25, 0.3) is 0 Å². The maximum absolute atomic E-state index is 11.6. The first-order valence-corrected chi connectivity index (χ1v) is 5.14. The second-order valence-electron chi connectivity index (χ2n) is 4.75. The number of carbonyl (C=O) groups excluding carboxylic acids is 1. The van der Waals surface area contributed by atoms with Gasteiger partial charge in [0, 0.05) is 0 Å². The maximum atomic E-state index is 11.6. The Kier molecular flexibility index (Phi) is 2.18. The van der Waals surface area contributed by atoms with E-state index >= 15 is 0 Å². The molecule has 1 amide bonds. The number of amides is 1. The van der Waals surface area contributed by atoms with Crippen molar-refractivity contribution in [3.63, 3.8) is 0 Å². The fraction of sp³-hybridized carbons (Fsp3) is 0.417. The Labute approximate surface area is 90.1 Å². The molecule has 1 saturated heterocycles. The molecule has 0 aromatic heterocycles. The molecule has 2 rings (SSSR count). The van der Waals surface area contributed by atoms with Gasteiger partial charge in [0.15, 0.2) is 0 Å². The van der Waals surface area contributed by atoms with Crippen molar-refractivity contribution < 1.29 is 4.79 Å². The molecule has 1 aromatic rings. The third kappa shape index (κ3) is 1.82. The standard InChI is InChI=1S/C12H16N2O/c1-9-4-6-10(7-5-9)14-8-12(2,3)11(15)13-14/h4-7H,8H2,1-3H3,(H,13,15). The fourth-order valence-electron chi connectivity index (χ4n) is 1.66. The van der Waals surface area contributed by atoms with Gasteiger partial charge >= 0.3 is 0 Å². The van der Waals surface area contributed by atoms with Crippen molar-refractivity contribution in [3.8, 4) is 0 Å². The topological polar surface area (TPSA) is 32.3 Å². The number of hydrazine groups is 1. The zero-order valence-corrected chi connectivity index (χ0v) is 9.37. The van der Waals surface area contributed by atoms with Gasteiger partial charge in [-0.15, -0.1) is 0 Å². The quantitative estimate of drug-likeness (QED) is 0.757. The highest BCUT2D eigenvalue weighted by Gasteiger charge is 2.37. The Balaban J connectivity index is 2.21. The molecule has 3 nitrogen and oxygen atoms in total. The van der Waals surface area contributed by atoms with Crippen LogP contribution in [0.15, 0.2) is 24.3 Å². The minimum atomic E-state index is -0.301. The fourth-order valence-corrected chi connectivity index (χ4v) is 1.66. The number of nitrogens with one attached hydrogen (secondary N) is 1. The van der Waals surface area contributed by atoms with Crippen molar-refractivity contribution in [3.05, 3.63) is 29.8 Å². The normalized spacial score (nSPS) is 19.1. The third-order valence-corrected chi connectivity index (χ3v) is 2.75. The monoisotopic (exact) mass is 204 g/mol. The lowest BCUT2D eigenvalue weighted by Crippen LogP contribution is -2.33. The second kappa shape index (κ2) is 3.26. The van der Waals surface area contributed by atoms with Gasteiger partial charge in [0.05, 0.1) is 17.6 Å². The summed E-state index contributed by atoms with van der Waals surface area (Å²) in [5.41, 5.74) is 4.84. The molecule has 1 aliphatic rings. The van der Waals surface area contributed by atoms with E-state index in [2.05, 4.69) is 12.3 Å². The average molecular weight is 204 g/mol. The summed E-state index contributed by atoms with van der Waals surface area (Å²) < 4.78 is 0. The molecule has 1 N–H and O–H groups in total. The number of benzene rings is 1. The first-order chi connectivity index (χ1) is 6.99. The highest BCUT2D eigenvalue weighted by atomic mass is 16.2. The van der Waals surface area contributed by atoms with Gasteiger partial charge in [0.2, 0.25) is 5.91 Å². The van der Waals surface area contributed by atoms with Crippen LogP contribution >= 0.6 is 0 Å². The molecule has 0 radical (unpaired) electrons. The van der Waals surface area contributed by atoms with E-state index in [4.69, 9.17) is 0 Å². The molecule has 3 heteroatoms. The predicted molar refractivity (Wildman–Crippen MR) is 60.4 cm³/mol. The third-order valence-electron chi connectivity index (χ3n) is 2.75. The van der Waals surface area contributed by atoms with Crippen molar-refractivity contribution in [2.24, 2.45) is 5.41 Å². The van der Waals surface area contributed by atoms with E-state index in [1.54, 1.807) is 0 Å². The summed E-state index contributed by atoms with van der Waals surface area (Å²) in [7, 11) is 0. The summed E-state index contributed by atoms with van der Waals surface area (Å²) in [5, 5.41) is 1.90. The number of hydrogen-bond acceptors (Lipinski definition) is 2. The molecule has 0 unspecified atom stereocenters. The van der Waals surface area contributed by atoms with E-state index < -0.39 is 0 Å². The minimum absolute atomic E-state index is 0.0862. The van der Waals surface area contributed by atoms with Crippen LogP contribution < -0.4 is 10.4 Å². The smallest absolute Gasteiger partial charge is 0.246 e. The number of carbonyl (C=O) groups is 1.